The van der Waals surface area contributed by atoms with E-state index in [1.54, 1.807) is 12.1 Å². The van der Waals surface area contributed by atoms with Crippen LogP contribution >= 0.6 is 0 Å². The predicted molar refractivity (Wildman–Crippen MR) is 76.9 cm³/mol. The lowest BCUT2D eigenvalue weighted by molar-refractivity contribution is -0.126. The Hall–Kier alpha value is -1.92. The summed E-state index contributed by atoms with van der Waals surface area (Å²) in [5.74, 6) is -0.457. The van der Waals surface area contributed by atoms with Crippen LogP contribution in [0.4, 0.5) is 0 Å². The van der Waals surface area contributed by atoms with Crippen molar-refractivity contribution in [1.29, 1.82) is 0 Å². The number of benzene rings is 1. The van der Waals surface area contributed by atoms with Crippen LogP contribution in [0.25, 0.3) is 0 Å². The van der Waals surface area contributed by atoms with Gasteiger partial charge in [0.2, 0.25) is 5.91 Å². The van der Waals surface area contributed by atoms with Gasteiger partial charge in [0.25, 0.3) is 0 Å². The molecule has 0 bridgehead atoms. The summed E-state index contributed by atoms with van der Waals surface area (Å²) >= 11 is 0. The van der Waals surface area contributed by atoms with Gasteiger partial charge in [0, 0.05) is 6.54 Å². The second-order valence-electron chi connectivity index (χ2n) is 4.93. The lowest BCUT2D eigenvalue weighted by Gasteiger charge is -2.25. The zero-order valence-corrected chi connectivity index (χ0v) is 12.2. The van der Waals surface area contributed by atoms with Gasteiger partial charge in [0.1, 0.15) is 6.04 Å². The Kier molecular flexibility index (Phi) is 5.30. The Morgan fingerprint density at radius 3 is 2.67 bits per heavy atom. The molecule has 0 radical (unpaired) electrons. The van der Waals surface area contributed by atoms with E-state index in [0.29, 0.717) is 25.3 Å². The SMILES string of the molecule is COC(=O)c1ccc([C@H](C)NC(=O)C2COCCN2)cc1. The molecule has 1 saturated heterocycles. The second kappa shape index (κ2) is 7.19. The summed E-state index contributed by atoms with van der Waals surface area (Å²) in [6.07, 6.45) is 0. The first-order valence-corrected chi connectivity index (χ1v) is 6.91. The van der Waals surface area contributed by atoms with Gasteiger partial charge in [-0.1, -0.05) is 12.1 Å². The molecule has 6 nitrogen and oxygen atoms in total. The molecule has 1 aromatic rings. The molecule has 0 spiro atoms. The maximum absolute atomic E-state index is 12.1. The van der Waals surface area contributed by atoms with Crippen LogP contribution in [0.2, 0.25) is 0 Å². The zero-order chi connectivity index (χ0) is 15.2. The summed E-state index contributed by atoms with van der Waals surface area (Å²) in [7, 11) is 1.35. The van der Waals surface area contributed by atoms with E-state index in [9.17, 15) is 9.59 Å². The molecule has 1 aromatic carbocycles. The van der Waals surface area contributed by atoms with E-state index >= 15 is 0 Å². The summed E-state index contributed by atoms with van der Waals surface area (Å²) in [5.41, 5.74) is 1.41. The fourth-order valence-electron chi connectivity index (χ4n) is 2.16. The molecule has 114 valence electrons. The largest absolute Gasteiger partial charge is 0.465 e. The number of hydrogen-bond acceptors (Lipinski definition) is 5. The third-order valence-corrected chi connectivity index (χ3v) is 3.43. The monoisotopic (exact) mass is 292 g/mol. The smallest absolute Gasteiger partial charge is 0.337 e. The van der Waals surface area contributed by atoms with Crippen molar-refractivity contribution < 1.29 is 19.1 Å². The van der Waals surface area contributed by atoms with Gasteiger partial charge in [-0.15, -0.1) is 0 Å². The van der Waals surface area contributed by atoms with Crippen molar-refractivity contribution in [2.24, 2.45) is 0 Å². The first-order chi connectivity index (χ1) is 10.1. The Labute approximate surface area is 123 Å². The van der Waals surface area contributed by atoms with Gasteiger partial charge in [-0.25, -0.2) is 4.79 Å². The molecule has 1 unspecified atom stereocenters. The Morgan fingerprint density at radius 2 is 2.10 bits per heavy atom. The van der Waals surface area contributed by atoms with Gasteiger partial charge in [-0.3, -0.25) is 4.79 Å². The Balaban J connectivity index is 1.94. The summed E-state index contributed by atoms with van der Waals surface area (Å²) in [6.45, 7) is 3.60. The lowest BCUT2D eigenvalue weighted by Crippen LogP contribution is -2.51. The highest BCUT2D eigenvalue weighted by molar-refractivity contribution is 5.89. The van der Waals surface area contributed by atoms with Crippen LogP contribution in [0.3, 0.4) is 0 Å². The number of methoxy groups -OCH3 is 1. The highest BCUT2D eigenvalue weighted by Gasteiger charge is 2.22. The second-order valence-corrected chi connectivity index (χ2v) is 4.93. The highest BCUT2D eigenvalue weighted by Crippen LogP contribution is 2.14. The van der Waals surface area contributed by atoms with Crippen molar-refractivity contribution in [3.05, 3.63) is 35.4 Å². The van der Waals surface area contributed by atoms with Crippen LogP contribution in [0.1, 0.15) is 28.9 Å². The predicted octanol–water partition coefficient (Wildman–Crippen LogP) is 0.639. The molecule has 0 saturated carbocycles. The topological polar surface area (TPSA) is 76.7 Å². The number of morpholine rings is 1. The molecular weight excluding hydrogens is 272 g/mol. The number of carbonyl (C=O) groups excluding carboxylic acids is 2. The van der Waals surface area contributed by atoms with Crippen molar-refractivity contribution in [2.75, 3.05) is 26.9 Å². The number of ether oxygens (including phenoxy) is 2. The van der Waals surface area contributed by atoms with E-state index in [0.717, 1.165) is 5.56 Å². The van der Waals surface area contributed by atoms with Gasteiger partial charge in [-0.2, -0.15) is 0 Å². The van der Waals surface area contributed by atoms with Crippen LogP contribution in [-0.2, 0) is 14.3 Å². The summed E-state index contributed by atoms with van der Waals surface area (Å²) in [5, 5.41) is 6.04. The summed E-state index contributed by atoms with van der Waals surface area (Å²) < 4.78 is 9.92. The lowest BCUT2D eigenvalue weighted by atomic mass is 10.1. The first-order valence-electron chi connectivity index (χ1n) is 6.91. The maximum Gasteiger partial charge on any atom is 0.337 e. The van der Waals surface area contributed by atoms with Gasteiger partial charge in [-0.05, 0) is 24.6 Å². The van der Waals surface area contributed by atoms with E-state index in [1.807, 2.05) is 19.1 Å². The number of amides is 1. The minimum atomic E-state index is -0.373. The molecule has 1 fully saturated rings. The quantitative estimate of drug-likeness (QED) is 0.796. The van der Waals surface area contributed by atoms with Gasteiger partial charge >= 0.3 is 5.97 Å². The number of rotatable bonds is 4. The van der Waals surface area contributed by atoms with Crippen LogP contribution in [0.15, 0.2) is 24.3 Å². The number of carbonyl (C=O) groups is 2. The van der Waals surface area contributed by atoms with Crippen molar-refractivity contribution in [3.8, 4) is 0 Å². The van der Waals surface area contributed by atoms with E-state index in [2.05, 4.69) is 15.4 Å². The zero-order valence-electron chi connectivity index (χ0n) is 12.2. The fraction of sp³-hybridized carbons (Fsp3) is 0.467. The minimum absolute atomic E-state index is 0.0840. The average molecular weight is 292 g/mol. The minimum Gasteiger partial charge on any atom is -0.465 e. The molecule has 2 N–H and O–H groups in total. The van der Waals surface area contributed by atoms with Gasteiger partial charge in [0.15, 0.2) is 0 Å². The highest BCUT2D eigenvalue weighted by atomic mass is 16.5. The van der Waals surface area contributed by atoms with Crippen LogP contribution < -0.4 is 10.6 Å². The third-order valence-electron chi connectivity index (χ3n) is 3.43. The van der Waals surface area contributed by atoms with E-state index in [4.69, 9.17) is 4.74 Å². The molecule has 2 atom stereocenters. The molecule has 1 heterocycles. The standard InChI is InChI=1S/C15H20N2O4/c1-10(17-14(18)13-9-21-8-7-16-13)11-3-5-12(6-4-11)15(19)20-2/h3-6,10,13,16H,7-9H2,1-2H3,(H,17,18)/t10-,13?/m0/s1. The number of nitrogens with one attached hydrogen (secondary N) is 2. The molecule has 0 aliphatic carbocycles. The van der Waals surface area contributed by atoms with Crippen LogP contribution in [0.5, 0.6) is 0 Å². The van der Waals surface area contributed by atoms with Crippen LogP contribution in [0, 0.1) is 0 Å². The van der Waals surface area contributed by atoms with E-state index in [1.165, 1.54) is 7.11 Å². The fourth-order valence-corrected chi connectivity index (χ4v) is 2.16. The van der Waals surface area contributed by atoms with Crippen molar-refractivity contribution in [2.45, 2.75) is 19.0 Å². The third kappa shape index (κ3) is 4.03. The summed E-state index contributed by atoms with van der Waals surface area (Å²) in [4.78, 5) is 23.4. The molecule has 6 heteroatoms. The first kappa shape index (κ1) is 15.5. The van der Waals surface area contributed by atoms with Gasteiger partial charge < -0.3 is 20.1 Å². The normalized spacial score (nSPS) is 19.6. The molecule has 1 aliphatic rings. The molecule has 1 amide bonds. The van der Waals surface area contributed by atoms with Gasteiger partial charge in [0.05, 0.1) is 31.9 Å². The van der Waals surface area contributed by atoms with Crippen molar-refractivity contribution in [3.63, 3.8) is 0 Å². The van der Waals surface area contributed by atoms with E-state index < -0.39 is 0 Å². The molecule has 0 aromatic heterocycles. The Bertz CT molecular complexity index is 495. The Morgan fingerprint density at radius 1 is 1.38 bits per heavy atom. The maximum atomic E-state index is 12.1. The van der Waals surface area contributed by atoms with E-state index in [-0.39, 0.29) is 24.0 Å². The van der Waals surface area contributed by atoms with Crippen molar-refractivity contribution in [1.82, 2.24) is 10.6 Å². The molecule has 1 aliphatic heterocycles. The number of hydrogen-bond donors (Lipinski definition) is 2. The average Bonchev–Trinajstić information content (AvgIpc) is 2.55. The van der Waals surface area contributed by atoms with Crippen LogP contribution in [-0.4, -0.2) is 44.8 Å². The molecule has 2 rings (SSSR count). The van der Waals surface area contributed by atoms with Crippen molar-refractivity contribution >= 4 is 11.9 Å². The molecule has 21 heavy (non-hydrogen) atoms. The molecular formula is C15H20N2O4. The number of esters is 1. The summed E-state index contributed by atoms with van der Waals surface area (Å²) in [6, 6.07) is 6.53.